The number of piperidine rings is 1. The molecule has 0 unspecified atom stereocenters. The molecule has 2 fully saturated rings. The first-order valence-electron chi connectivity index (χ1n) is 5.31. The fraction of sp³-hybridized carbons (Fsp3) is 0.900. The van der Waals surface area contributed by atoms with Crippen molar-refractivity contribution in [1.29, 1.82) is 0 Å². The standard InChI is InChI=1S/C10H17IN2O/c1-12-10(11)5-2-6-13(7-10)9(14)8-3-4-8/h8,12H,2-7H2,1H3/t10-/m1/s1. The highest BCUT2D eigenvalue weighted by molar-refractivity contribution is 14.1. The van der Waals surface area contributed by atoms with E-state index in [1.165, 1.54) is 6.42 Å². The highest BCUT2D eigenvalue weighted by Gasteiger charge is 2.38. The van der Waals surface area contributed by atoms with Gasteiger partial charge in [-0.05, 0) is 32.7 Å². The van der Waals surface area contributed by atoms with Crippen LogP contribution < -0.4 is 5.32 Å². The molecule has 3 nitrogen and oxygen atoms in total. The van der Waals surface area contributed by atoms with Crippen molar-refractivity contribution < 1.29 is 4.79 Å². The maximum atomic E-state index is 11.9. The lowest BCUT2D eigenvalue weighted by Crippen LogP contribution is -2.53. The first kappa shape index (κ1) is 10.7. The van der Waals surface area contributed by atoms with Crippen LogP contribution in [0.4, 0.5) is 0 Å². The number of halogens is 1. The molecule has 1 saturated heterocycles. The molecule has 1 aliphatic carbocycles. The minimum absolute atomic E-state index is 0.112. The van der Waals surface area contributed by atoms with E-state index in [1.807, 2.05) is 11.9 Å². The van der Waals surface area contributed by atoms with Crippen LogP contribution in [0.3, 0.4) is 0 Å². The van der Waals surface area contributed by atoms with E-state index >= 15 is 0 Å². The first-order valence-corrected chi connectivity index (χ1v) is 6.39. The summed E-state index contributed by atoms with van der Waals surface area (Å²) in [7, 11) is 1.98. The number of hydrogen-bond acceptors (Lipinski definition) is 2. The Morgan fingerprint density at radius 3 is 2.86 bits per heavy atom. The molecular weight excluding hydrogens is 291 g/mol. The molecule has 1 saturated carbocycles. The molecule has 1 aliphatic heterocycles. The summed E-state index contributed by atoms with van der Waals surface area (Å²) in [5, 5.41) is 3.32. The Morgan fingerprint density at radius 2 is 2.29 bits per heavy atom. The smallest absolute Gasteiger partial charge is 0.225 e. The summed E-state index contributed by atoms with van der Waals surface area (Å²) >= 11 is 2.44. The number of carbonyl (C=O) groups excluding carboxylic acids is 1. The minimum atomic E-state index is 0.112. The van der Waals surface area contributed by atoms with Crippen molar-refractivity contribution in [1.82, 2.24) is 10.2 Å². The topological polar surface area (TPSA) is 32.3 Å². The summed E-state index contributed by atoms with van der Waals surface area (Å²) < 4.78 is 0.112. The average molecular weight is 308 g/mol. The van der Waals surface area contributed by atoms with Gasteiger partial charge in [0.2, 0.25) is 5.91 Å². The number of likely N-dealkylation sites (tertiary alicyclic amines) is 1. The number of amides is 1. The monoisotopic (exact) mass is 308 g/mol. The maximum absolute atomic E-state index is 11.9. The average Bonchev–Trinajstić information content (AvgIpc) is 3.00. The third-order valence-corrected chi connectivity index (χ3v) is 4.55. The Bertz CT molecular complexity index is 242. The van der Waals surface area contributed by atoms with Crippen LogP contribution in [-0.4, -0.2) is 34.5 Å². The summed E-state index contributed by atoms with van der Waals surface area (Å²) in [4.78, 5) is 13.9. The zero-order valence-electron chi connectivity index (χ0n) is 8.55. The molecule has 2 rings (SSSR count). The first-order chi connectivity index (χ1) is 6.64. The molecule has 0 aromatic heterocycles. The molecule has 1 heterocycles. The van der Waals surface area contributed by atoms with Crippen molar-refractivity contribution in [2.45, 2.75) is 29.2 Å². The molecule has 2 aliphatic rings. The molecule has 1 atom stereocenters. The lowest BCUT2D eigenvalue weighted by molar-refractivity contribution is -0.134. The fourth-order valence-corrected chi connectivity index (χ4v) is 2.78. The Labute approximate surface area is 98.7 Å². The van der Waals surface area contributed by atoms with Crippen LogP contribution in [0.2, 0.25) is 0 Å². The Balaban J connectivity index is 1.96. The number of nitrogens with one attached hydrogen (secondary N) is 1. The number of hydrogen-bond donors (Lipinski definition) is 1. The second kappa shape index (κ2) is 3.96. The normalized spacial score (nSPS) is 33.1. The van der Waals surface area contributed by atoms with Gasteiger partial charge in [0, 0.05) is 19.0 Å². The van der Waals surface area contributed by atoms with E-state index in [0.29, 0.717) is 11.8 Å². The van der Waals surface area contributed by atoms with Crippen molar-refractivity contribution >= 4 is 28.5 Å². The maximum Gasteiger partial charge on any atom is 0.225 e. The van der Waals surface area contributed by atoms with E-state index < -0.39 is 0 Å². The van der Waals surface area contributed by atoms with Gasteiger partial charge in [0.05, 0.1) is 3.55 Å². The SMILES string of the molecule is CN[C@]1(I)CCCN(C(=O)C2CC2)C1. The third-order valence-electron chi connectivity index (χ3n) is 3.13. The lowest BCUT2D eigenvalue weighted by Gasteiger charge is -2.39. The van der Waals surface area contributed by atoms with Crippen LogP contribution in [0.15, 0.2) is 0 Å². The predicted molar refractivity (Wildman–Crippen MR) is 64.3 cm³/mol. The van der Waals surface area contributed by atoms with Crippen molar-refractivity contribution in [3.05, 3.63) is 0 Å². The van der Waals surface area contributed by atoms with E-state index in [9.17, 15) is 4.79 Å². The summed E-state index contributed by atoms with van der Waals surface area (Å²) in [5.41, 5.74) is 0. The van der Waals surface area contributed by atoms with Crippen LogP contribution in [0.25, 0.3) is 0 Å². The van der Waals surface area contributed by atoms with Crippen LogP contribution in [0, 0.1) is 5.92 Å². The molecule has 0 aromatic rings. The second-order valence-electron chi connectivity index (χ2n) is 4.35. The minimum Gasteiger partial charge on any atom is -0.340 e. The molecule has 0 aromatic carbocycles. The quantitative estimate of drug-likeness (QED) is 0.475. The molecule has 4 heteroatoms. The van der Waals surface area contributed by atoms with E-state index in [1.54, 1.807) is 0 Å². The molecular formula is C10H17IN2O. The molecule has 0 bridgehead atoms. The van der Waals surface area contributed by atoms with Gasteiger partial charge in [-0.25, -0.2) is 0 Å². The lowest BCUT2D eigenvalue weighted by atomic mass is 10.1. The van der Waals surface area contributed by atoms with Crippen LogP contribution >= 0.6 is 22.6 Å². The van der Waals surface area contributed by atoms with E-state index in [4.69, 9.17) is 0 Å². The Morgan fingerprint density at radius 1 is 1.57 bits per heavy atom. The largest absolute Gasteiger partial charge is 0.340 e. The number of rotatable bonds is 2. The Hall–Kier alpha value is 0.160. The highest BCUT2D eigenvalue weighted by Crippen LogP contribution is 2.34. The van der Waals surface area contributed by atoms with Crippen LogP contribution in [0.5, 0.6) is 0 Å². The van der Waals surface area contributed by atoms with Crippen molar-refractivity contribution in [2.75, 3.05) is 20.1 Å². The summed E-state index contributed by atoms with van der Waals surface area (Å²) in [5.74, 6) is 0.756. The fourth-order valence-electron chi connectivity index (χ4n) is 1.99. The molecule has 0 radical (unpaired) electrons. The number of nitrogens with zero attached hydrogens (tertiary/aromatic N) is 1. The van der Waals surface area contributed by atoms with Crippen molar-refractivity contribution in [3.8, 4) is 0 Å². The number of likely N-dealkylation sites (N-methyl/N-ethyl adjacent to an activating group) is 1. The predicted octanol–water partition coefficient (Wildman–Crippen LogP) is 1.37. The third kappa shape index (κ3) is 2.21. The molecule has 14 heavy (non-hydrogen) atoms. The molecule has 1 amide bonds. The van der Waals surface area contributed by atoms with Gasteiger partial charge in [0.1, 0.15) is 0 Å². The van der Waals surface area contributed by atoms with Gasteiger partial charge >= 0.3 is 0 Å². The number of carbonyl (C=O) groups is 1. The van der Waals surface area contributed by atoms with E-state index in [2.05, 4.69) is 27.9 Å². The van der Waals surface area contributed by atoms with Gasteiger partial charge in [-0.2, -0.15) is 0 Å². The molecule has 1 N–H and O–H groups in total. The number of alkyl halides is 1. The molecule has 0 spiro atoms. The van der Waals surface area contributed by atoms with E-state index in [-0.39, 0.29) is 3.55 Å². The second-order valence-corrected chi connectivity index (χ2v) is 6.42. The van der Waals surface area contributed by atoms with Gasteiger partial charge in [-0.1, -0.05) is 22.6 Å². The van der Waals surface area contributed by atoms with Gasteiger partial charge in [0.25, 0.3) is 0 Å². The molecule has 80 valence electrons. The van der Waals surface area contributed by atoms with E-state index in [0.717, 1.165) is 32.4 Å². The van der Waals surface area contributed by atoms with Gasteiger partial charge in [0.15, 0.2) is 0 Å². The van der Waals surface area contributed by atoms with Crippen molar-refractivity contribution in [2.24, 2.45) is 5.92 Å². The summed E-state index contributed by atoms with van der Waals surface area (Å²) in [6.45, 7) is 1.83. The summed E-state index contributed by atoms with van der Waals surface area (Å²) in [6.07, 6.45) is 4.52. The van der Waals surface area contributed by atoms with Gasteiger partial charge in [-0.15, -0.1) is 0 Å². The van der Waals surface area contributed by atoms with Gasteiger partial charge in [-0.3, -0.25) is 4.79 Å². The van der Waals surface area contributed by atoms with Gasteiger partial charge < -0.3 is 10.2 Å². The van der Waals surface area contributed by atoms with Crippen LogP contribution in [0.1, 0.15) is 25.7 Å². The summed E-state index contributed by atoms with van der Waals surface area (Å²) in [6, 6.07) is 0. The van der Waals surface area contributed by atoms with Crippen molar-refractivity contribution in [3.63, 3.8) is 0 Å². The van der Waals surface area contributed by atoms with Crippen LogP contribution in [-0.2, 0) is 4.79 Å². The Kier molecular flexibility index (Phi) is 3.02. The zero-order chi connectivity index (χ0) is 10.2. The highest BCUT2D eigenvalue weighted by atomic mass is 127. The zero-order valence-corrected chi connectivity index (χ0v) is 10.7.